The molecule has 60 heavy (non-hydrogen) atoms. The molecule has 2 heterocycles. The number of aromatic nitrogens is 2. The molecule has 0 radical (unpaired) electrons. The van der Waals surface area contributed by atoms with E-state index in [1.54, 1.807) is 0 Å². The number of nitrogens with zero attached hydrogens (tertiary/aromatic N) is 2. The zero-order valence-corrected chi connectivity index (χ0v) is 35.4. The number of rotatable bonds is 14. The van der Waals surface area contributed by atoms with Gasteiger partial charge in [0, 0.05) is 24.0 Å². The molecule has 0 aliphatic heterocycles. The summed E-state index contributed by atoms with van der Waals surface area (Å²) in [4.78, 5) is 33.1. The monoisotopic (exact) mass is 810 g/mol. The molecule has 0 fully saturated rings. The summed E-state index contributed by atoms with van der Waals surface area (Å²) >= 11 is 0. The van der Waals surface area contributed by atoms with Crippen LogP contribution in [0, 0.1) is 25.7 Å². The van der Waals surface area contributed by atoms with Crippen LogP contribution in [0.25, 0.3) is 22.9 Å². The van der Waals surface area contributed by atoms with E-state index in [1.165, 1.54) is 36.5 Å². The van der Waals surface area contributed by atoms with Gasteiger partial charge in [0.15, 0.2) is 0 Å². The molecule has 2 aliphatic carbocycles. The third-order valence-electron chi connectivity index (χ3n) is 11.9. The molecule has 0 bridgehead atoms. The Labute approximate surface area is 352 Å². The molecule has 4 atom stereocenters. The number of esters is 2. The maximum Gasteiger partial charge on any atom is 0.308 e. The van der Waals surface area contributed by atoms with Crippen molar-refractivity contribution < 1.29 is 37.4 Å². The highest BCUT2D eigenvalue weighted by Crippen LogP contribution is 2.41. The first-order valence-corrected chi connectivity index (χ1v) is 20.8. The second-order valence-electron chi connectivity index (χ2n) is 15.6. The molecule has 8 rings (SSSR count). The Hall–Kier alpha value is -6.16. The number of aryl methyl sites for hydroxylation is 4. The number of carbonyl (C=O) groups is 2. The van der Waals surface area contributed by atoms with E-state index in [1.807, 2.05) is 100 Å². The Balaban J connectivity index is 0.000000181. The molecule has 10 heteroatoms. The van der Waals surface area contributed by atoms with Crippen LogP contribution in [0.5, 0.6) is 11.5 Å². The van der Waals surface area contributed by atoms with Gasteiger partial charge >= 0.3 is 11.9 Å². The number of oxazole rings is 2. The molecule has 0 amide bonds. The van der Waals surface area contributed by atoms with Crippen LogP contribution >= 0.6 is 0 Å². The van der Waals surface area contributed by atoms with Gasteiger partial charge in [0.05, 0.1) is 50.7 Å². The van der Waals surface area contributed by atoms with Crippen LogP contribution < -0.4 is 9.47 Å². The zero-order chi connectivity index (χ0) is 42.2. The number of carbonyl (C=O) groups excluding carboxylic acids is 2. The Morgan fingerprint density at radius 2 is 1.02 bits per heavy atom. The first-order valence-electron chi connectivity index (χ1n) is 20.8. The second kappa shape index (κ2) is 19.3. The average molecular weight is 811 g/mol. The zero-order valence-electron chi connectivity index (χ0n) is 35.4. The molecule has 0 N–H and O–H groups in total. The van der Waals surface area contributed by atoms with Crippen molar-refractivity contribution in [3.05, 3.63) is 142 Å². The van der Waals surface area contributed by atoms with Crippen LogP contribution in [0.15, 0.2) is 106 Å². The van der Waals surface area contributed by atoms with Gasteiger partial charge in [-0.2, -0.15) is 0 Å². The Morgan fingerprint density at radius 1 is 0.617 bits per heavy atom. The highest BCUT2D eigenvalue weighted by atomic mass is 16.5. The first-order chi connectivity index (χ1) is 29.1. The summed E-state index contributed by atoms with van der Waals surface area (Å²) in [5, 5.41) is 0. The molecule has 312 valence electrons. The van der Waals surface area contributed by atoms with Crippen LogP contribution in [0.3, 0.4) is 0 Å². The Bertz CT molecular complexity index is 2220. The maximum atomic E-state index is 11.9. The number of fused-ring (bicyclic) bond motifs is 2. The standard InChI is InChI=1S/2C25H27NO4/c2*1-16(25(27)28-3)21-11-9-19-15-20(10-12-22(19)21)29-14-13-23-17(2)30-24(26-23)18-7-5-4-6-8-18/h2*4-8,10,12,15-16,21H,9,11,13-14H2,1-3H3/t2*16-,21-/m10/s1. The minimum Gasteiger partial charge on any atom is -0.493 e. The third kappa shape index (κ3) is 9.65. The lowest BCUT2D eigenvalue weighted by atomic mass is 9.89. The molecule has 0 unspecified atom stereocenters. The van der Waals surface area contributed by atoms with Gasteiger partial charge in [-0.1, -0.05) is 62.4 Å². The normalized spacial score (nSPS) is 16.2. The van der Waals surface area contributed by atoms with Gasteiger partial charge in [0.2, 0.25) is 11.8 Å². The van der Waals surface area contributed by atoms with E-state index in [2.05, 4.69) is 34.2 Å². The SMILES string of the molecule is COC(=O)[C@@H](C)[C@@H]1CCc2cc(OCCc3nc(-c4ccccc4)oc3C)ccc21.COC(=O)[C@H](C)[C@H]1CCc2cc(OCCc3nc(-c4ccccc4)oc3C)ccc21. The van der Waals surface area contributed by atoms with Gasteiger partial charge in [-0.15, -0.1) is 0 Å². The van der Waals surface area contributed by atoms with Crippen LogP contribution in [-0.4, -0.2) is 49.3 Å². The summed E-state index contributed by atoms with van der Waals surface area (Å²) in [6.45, 7) is 8.82. The molecule has 10 nitrogen and oxygen atoms in total. The fourth-order valence-corrected chi connectivity index (χ4v) is 8.43. The van der Waals surface area contributed by atoms with Crippen LogP contribution in [-0.2, 0) is 44.7 Å². The van der Waals surface area contributed by atoms with E-state index in [0.717, 1.165) is 71.2 Å². The second-order valence-corrected chi connectivity index (χ2v) is 15.6. The van der Waals surface area contributed by atoms with Crippen molar-refractivity contribution in [3.8, 4) is 34.4 Å². The molecule has 4 aromatic carbocycles. The van der Waals surface area contributed by atoms with Crippen molar-refractivity contribution in [1.82, 2.24) is 9.97 Å². The lowest BCUT2D eigenvalue weighted by Gasteiger charge is -2.18. The number of benzene rings is 4. The van der Waals surface area contributed by atoms with Gasteiger partial charge in [0.25, 0.3) is 0 Å². The Kier molecular flexibility index (Phi) is 13.5. The smallest absolute Gasteiger partial charge is 0.308 e. The largest absolute Gasteiger partial charge is 0.493 e. The van der Waals surface area contributed by atoms with Crippen molar-refractivity contribution in [3.63, 3.8) is 0 Å². The molecule has 0 saturated carbocycles. The summed E-state index contributed by atoms with van der Waals surface area (Å²) in [5.74, 6) is 4.53. The predicted molar refractivity (Wildman–Crippen MR) is 229 cm³/mol. The van der Waals surface area contributed by atoms with Crippen molar-refractivity contribution in [2.24, 2.45) is 11.8 Å². The highest BCUT2D eigenvalue weighted by Gasteiger charge is 2.33. The molecule has 0 saturated heterocycles. The fraction of sp³-hybridized carbons (Fsp3) is 0.360. The van der Waals surface area contributed by atoms with Crippen LogP contribution in [0.1, 0.15) is 83.7 Å². The van der Waals surface area contributed by atoms with Gasteiger partial charge in [0.1, 0.15) is 23.0 Å². The summed E-state index contributed by atoms with van der Waals surface area (Å²) in [7, 11) is 2.90. The van der Waals surface area contributed by atoms with Crippen molar-refractivity contribution >= 4 is 11.9 Å². The van der Waals surface area contributed by atoms with Crippen molar-refractivity contribution in [2.75, 3.05) is 27.4 Å². The third-order valence-corrected chi connectivity index (χ3v) is 11.9. The first kappa shape index (κ1) is 42.0. The van der Waals surface area contributed by atoms with Gasteiger partial charge in [-0.25, -0.2) is 9.97 Å². The molecule has 2 aromatic heterocycles. The molecule has 6 aromatic rings. The number of methoxy groups -OCH3 is 2. The van der Waals surface area contributed by atoms with Gasteiger partial charge in [-0.05, 0) is 122 Å². The van der Waals surface area contributed by atoms with E-state index in [-0.39, 0.29) is 35.6 Å². The van der Waals surface area contributed by atoms with Gasteiger partial charge < -0.3 is 27.8 Å². The minimum absolute atomic E-state index is 0.128. The summed E-state index contributed by atoms with van der Waals surface area (Å²) < 4.78 is 33.5. The van der Waals surface area contributed by atoms with Gasteiger partial charge in [-0.3, -0.25) is 9.59 Å². The van der Waals surface area contributed by atoms with Crippen LogP contribution in [0.2, 0.25) is 0 Å². The van der Waals surface area contributed by atoms with E-state index >= 15 is 0 Å². The highest BCUT2D eigenvalue weighted by molar-refractivity contribution is 5.74. The molecule has 0 spiro atoms. The summed E-state index contributed by atoms with van der Waals surface area (Å²) in [6.07, 6.45) is 5.22. The molecular weight excluding hydrogens is 757 g/mol. The number of hydrogen-bond donors (Lipinski definition) is 0. The average Bonchev–Trinajstić information content (AvgIpc) is 4.08. The fourth-order valence-electron chi connectivity index (χ4n) is 8.43. The summed E-state index contributed by atoms with van der Waals surface area (Å²) in [5.41, 5.74) is 8.78. The van der Waals surface area contributed by atoms with Crippen LogP contribution in [0.4, 0.5) is 0 Å². The van der Waals surface area contributed by atoms with E-state index in [9.17, 15) is 9.59 Å². The van der Waals surface area contributed by atoms with Crippen molar-refractivity contribution in [2.45, 2.75) is 78.1 Å². The Morgan fingerprint density at radius 3 is 1.40 bits per heavy atom. The van der Waals surface area contributed by atoms with Crippen molar-refractivity contribution in [1.29, 1.82) is 0 Å². The predicted octanol–water partition coefficient (Wildman–Crippen LogP) is 10.2. The quantitative estimate of drug-likeness (QED) is 0.0983. The summed E-state index contributed by atoms with van der Waals surface area (Å²) in [6, 6.07) is 32.2. The molecular formula is C50H54N2O8. The maximum absolute atomic E-state index is 11.9. The molecule has 2 aliphatic rings. The minimum atomic E-state index is -0.147. The van der Waals surface area contributed by atoms with E-state index < -0.39 is 0 Å². The lowest BCUT2D eigenvalue weighted by Crippen LogP contribution is -2.19. The number of hydrogen-bond acceptors (Lipinski definition) is 10. The number of ether oxygens (including phenoxy) is 4. The topological polar surface area (TPSA) is 123 Å². The lowest BCUT2D eigenvalue weighted by molar-refractivity contribution is -0.146. The van der Waals surface area contributed by atoms with E-state index in [0.29, 0.717) is 37.8 Å². The van der Waals surface area contributed by atoms with E-state index in [4.69, 9.17) is 27.8 Å².